The highest BCUT2D eigenvalue weighted by molar-refractivity contribution is 5.99. The van der Waals surface area contributed by atoms with Crippen molar-refractivity contribution < 1.29 is 13.9 Å². The predicted octanol–water partition coefficient (Wildman–Crippen LogP) is 5.76. The van der Waals surface area contributed by atoms with Gasteiger partial charge in [0.1, 0.15) is 17.4 Å². The third kappa shape index (κ3) is 5.87. The summed E-state index contributed by atoms with van der Waals surface area (Å²) in [6.45, 7) is 4.00. The SMILES string of the molecule is CC(C)c1cc(NC(=O)Nc2cc(Oc3nccc(-c4cn[nH]c4)n3)c(CN)cc2F)n(-c2ccc3ncccc3c2)n1. The summed E-state index contributed by atoms with van der Waals surface area (Å²) < 4.78 is 22.6. The van der Waals surface area contributed by atoms with Crippen LogP contribution in [0.3, 0.4) is 0 Å². The zero-order chi connectivity index (χ0) is 29.9. The average Bonchev–Trinajstić information content (AvgIpc) is 3.70. The van der Waals surface area contributed by atoms with Crippen molar-refractivity contribution in [3.05, 3.63) is 96.5 Å². The van der Waals surface area contributed by atoms with Crippen molar-refractivity contribution in [2.24, 2.45) is 5.73 Å². The number of pyridine rings is 1. The Morgan fingerprint density at radius 2 is 1.98 bits per heavy atom. The molecular weight excluding hydrogens is 551 g/mol. The number of carbonyl (C=O) groups is 1. The van der Waals surface area contributed by atoms with Crippen LogP contribution in [0, 0.1) is 5.82 Å². The Morgan fingerprint density at radius 3 is 2.77 bits per heavy atom. The van der Waals surface area contributed by atoms with Crippen LogP contribution in [0.1, 0.15) is 31.0 Å². The van der Waals surface area contributed by atoms with Gasteiger partial charge in [0.25, 0.3) is 0 Å². The zero-order valence-corrected chi connectivity index (χ0v) is 23.2. The Kier molecular flexibility index (Phi) is 7.45. The molecule has 2 aromatic carbocycles. The van der Waals surface area contributed by atoms with Crippen molar-refractivity contribution in [2.75, 3.05) is 10.6 Å². The number of anilines is 2. The van der Waals surface area contributed by atoms with Crippen LogP contribution in [-0.2, 0) is 6.54 Å². The van der Waals surface area contributed by atoms with E-state index in [0.29, 0.717) is 17.1 Å². The Balaban J connectivity index is 1.26. The van der Waals surface area contributed by atoms with E-state index in [-0.39, 0.29) is 29.9 Å². The van der Waals surface area contributed by atoms with E-state index in [4.69, 9.17) is 15.6 Å². The first-order chi connectivity index (χ1) is 20.9. The number of ether oxygens (including phenoxy) is 1. The van der Waals surface area contributed by atoms with E-state index >= 15 is 4.39 Å². The molecule has 0 unspecified atom stereocenters. The molecule has 0 aliphatic rings. The quantitative estimate of drug-likeness (QED) is 0.177. The molecule has 0 bridgehead atoms. The van der Waals surface area contributed by atoms with E-state index in [1.807, 2.05) is 44.2 Å². The van der Waals surface area contributed by atoms with Gasteiger partial charge in [0, 0.05) is 53.8 Å². The Bertz CT molecular complexity index is 1920. The maximum atomic E-state index is 15.1. The smallest absolute Gasteiger partial charge is 0.324 e. The number of aromatic amines is 1. The first kappa shape index (κ1) is 27.5. The molecule has 0 aliphatic heterocycles. The topological polar surface area (TPSA) is 162 Å². The van der Waals surface area contributed by atoms with Crippen molar-refractivity contribution in [1.82, 2.24) is 34.9 Å². The van der Waals surface area contributed by atoms with Gasteiger partial charge in [-0.1, -0.05) is 19.9 Å². The number of amides is 2. The lowest BCUT2D eigenvalue weighted by Crippen LogP contribution is -2.22. The third-order valence-electron chi connectivity index (χ3n) is 6.64. The molecule has 0 atom stereocenters. The normalized spacial score (nSPS) is 11.2. The molecule has 0 aliphatic carbocycles. The van der Waals surface area contributed by atoms with Crippen molar-refractivity contribution in [3.8, 4) is 28.7 Å². The fourth-order valence-corrected chi connectivity index (χ4v) is 4.42. The number of carbonyl (C=O) groups excluding carboxylic acids is 1. The molecule has 12 nitrogen and oxygen atoms in total. The van der Waals surface area contributed by atoms with E-state index in [9.17, 15) is 4.79 Å². The van der Waals surface area contributed by atoms with Crippen LogP contribution >= 0.6 is 0 Å². The van der Waals surface area contributed by atoms with Crippen LogP contribution in [0.15, 0.2) is 79.4 Å². The maximum absolute atomic E-state index is 15.1. The van der Waals surface area contributed by atoms with Crippen LogP contribution in [-0.4, -0.2) is 41.0 Å². The van der Waals surface area contributed by atoms with Gasteiger partial charge in [0.15, 0.2) is 0 Å². The maximum Gasteiger partial charge on any atom is 0.324 e. The number of rotatable bonds is 8. The van der Waals surface area contributed by atoms with Crippen molar-refractivity contribution in [1.29, 1.82) is 0 Å². The summed E-state index contributed by atoms with van der Waals surface area (Å²) >= 11 is 0. The van der Waals surface area contributed by atoms with Crippen molar-refractivity contribution >= 4 is 28.4 Å². The highest BCUT2D eigenvalue weighted by Gasteiger charge is 2.18. The van der Waals surface area contributed by atoms with Gasteiger partial charge in [-0.3, -0.25) is 15.4 Å². The highest BCUT2D eigenvalue weighted by Crippen LogP contribution is 2.31. The summed E-state index contributed by atoms with van der Waals surface area (Å²) in [5.41, 5.74) is 9.75. The Hall–Kier alpha value is -5.69. The number of fused-ring (bicyclic) bond motifs is 1. The average molecular weight is 579 g/mol. The second kappa shape index (κ2) is 11.7. The van der Waals surface area contributed by atoms with Gasteiger partial charge in [-0.25, -0.2) is 18.9 Å². The van der Waals surface area contributed by atoms with E-state index in [1.165, 1.54) is 18.3 Å². The lowest BCUT2D eigenvalue weighted by molar-refractivity contribution is 0.262. The monoisotopic (exact) mass is 578 g/mol. The van der Waals surface area contributed by atoms with Crippen LogP contribution in [0.25, 0.3) is 27.8 Å². The molecule has 13 heteroatoms. The molecule has 0 radical (unpaired) electrons. The van der Waals surface area contributed by atoms with E-state index < -0.39 is 11.8 Å². The zero-order valence-electron chi connectivity index (χ0n) is 23.2. The van der Waals surface area contributed by atoms with Gasteiger partial charge >= 0.3 is 12.0 Å². The summed E-state index contributed by atoms with van der Waals surface area (Å²) in [5.74, 6) is 0.0152. The summed E-state index contributed by atoms with van der Waals surface area (Å²) in [6, 6.07) is 14.9. The first-order valence-corrected chi connectivity index (χ1v) is 13.4. The highest BCUT2D eigenvalue weighted by atomic mass is 19.1. The molecule has 5 N–H and O–H groups in total. The first-order valence-electron chi connectivity index (χ1n) is 13.4. The lowest BCUT2D eigenvalue weighted by atomic mass is 10.1. The third-order valence-corrected chi connectivity index (χ3v) is 6.64. The standard InChI is InChI=1S/C30H27FN10O2/c1-17(2)25-13-28(41(40-25)21-5-6-23-18(10-21)4-3-8-33-23)39-29(42)37-26-12-27(19(14-32)11-22(26)31)43-30-34-9-7-24(38-30)20-15-35-36-16-20/h3-13,15-17H,14,32H2,1-2H3,(H,35,36)(H2,37,39,42). The van der Waals surface area contributed by atoms with Crippen LogP contribution in [0.4, 0.5) is 20.7 Å². The minimum absolute atomic E-state index is 0.0153. The number of hydrogen-bond acceptors (Lipinski definition) is 8. The summed E-state index contributed by atoms with van der Waals surface area (Å²) in [4.78, 5) is 26.1. The van der Waals surface area contributed by atoms with Gasteiger partial charge in [-0.05, 0) is 42.3 Å². The largest absolute Gasteiger partial charge is 0.424 e. The van der Waals surface area contributed by atoms with Gasteiger partial charge in [-0.2, -0.15) is 15.2 Å². The number of hydrogen-bond donors (Lipinski definition) is 4. The molecule has 4 heterocycles. The molecule has 216 valence electrons. The van der Waals surface area contributed by atoms with Crippen LogP contribution in [0.2, 0.25) is 0 Å². The Labute approximate surface area is 245 Å². The molecule has 0 spiro atoms. The number of nitrogens with zero attached hydrogens (tertiary/aromatic N) is 6. The number of benzene rings is 2. The molecule has 2 amide bonds. The second-order valence-electron chi connectivity index (χ2n) is 9.94. The minimum Gasteiger partial charge on any atom is -0.424 e. The number of nitrogens with two attached hydrogens (primary N) is 1. The van der Waals surface area contributed by atoms with Gasteiger partial charge in [0.05, 0.1) is 34.5 Å². The predicted molar refractivity (Wildman–Crippen MR) is 160 cm³/mol. The number of urea groups is 1. The summed E-state index contributed by atoms with van der Waals surface area (Å²) in [5, 5.41) is 17.6. The number of aromatic nitrogens is 7. The number of nitrogens with one attached hydrogen (secondary N) is 3. The molecule has 43 heavy (non-hydrogen) atoms. The molecule has 0 saturated heterocycles. The van der Waals surface area contributed by atoms with E-state index in [1.54, 1.807) is 35.4 Å². The number of H-pyrrole nitrogens is 1. The number of halogens is 1. The molecule has 0 fully saturated rings. The van der Waals surface area contributed by atoms with Crippen molar-refractivity contribution in [2.45, 2.75) is 26.3 Å². The molecular formula is C30H27FN10O2. The molecule has 4 aromatic heterocycles. The molecule has 0 saturated carbocycles. The summed E-state index contributed by atoms with van der Waals surface area (Å²) in [7, 11) is 0. The van der Waals surface area contributed by atoms with Gasteiger partial charge in [-0.15, -0.1) is 0 Å². The van der Waals surface area contributed by atoms with E-state index in [2.05, 4.69) is 35.8 Å². The van der Waals surface area contributed by atoms with Crippen molar-refractivity contribution in [3.63, 3.8) is 0 Å². The molecule has 6 aromatic rings. The van der Waals surface area contributed by atoms with Crippen LogP contribution in [0.5, 0.6) is 11.8 Å². The minimum atomic E-state index is -0.686. The Morgan fingerprint density at radius 1 is 1.09 bits per heavy atom. The summed E-state index contributed by atoms with van der Waals surface area (Å²) in [6.07, 6.45) is 6.56. The second-order valence-corrected chi connectivity index (χ2v) is 9.94. The molecule has 6 rings (SSSR count). The fourth-order valence-electron chi connectivity index (χ4n) is 4.42. The van der Waals surface area contributed by atoms with E-state index in [0.717, 1.165) is 27.8 Å². The van der Waals surface area contributed by atoms with Gasteiger partial charge in [0.2, 0.25) is 0 Å². The van der Waals surface area contributed by atoms with Gasteiger partial charge < -0.3 is 15.8 Å². The van der Waals surface area contributed by atoms with Crippen LogP contribution < -0.4 is 21.1 Å². The lowest BCUT2D eigenvalue weighted by Gasteiger charge is -2.14. The fraction of sp³-hybridized carbons (Fsp3) is 0.133.